The van der Waals surface area contributed by atoms with E-state index in [-0.39, 0.29) is 26.4 Å². The number of esters is 4. The monoisotopic (exact) mass is 780 g/mol. The highest BCUT2D eigenvalue weighted by Gasteiger charge is 2.54. The highest BCUT2D eigenvalue weighted by Crippen LogP contribution is 2.33. The summed E-state index contributed by atoms with van der Waals surface area (Å²) in [6, 6.07) is 28.1. The van der Waals surface area contributed by atoms with Crippen molar-refractivity contribution < 1.29 is 71.7 Å². The Bertz CT molecular complexity index is 1690. The molecule has 2 heterocycles. The van der Waals surface area contributed by atoms with Crippen LogP contribution in [0.25, 0.3) is 0 Å². The largest absolute Gasteiger partial charge is 0.463 e. The Hall–Kier alpha value is -4.74. The van der Waals surface area contributed by atoms with Crippen LogP contribution < -0.4 is 0 Å². The van der Waals surface area contributed by atoms with Gasteiger partial charge in [0.25, 0.3) is 0 Å². The van der Waals surface area contributed by atoms with E-state index >= 15 is 0 Å². The normalized spacial score (nSPS) is 27.4. The van der Waals surface area contributed by atoms with Gasteiger partial charge in [-0.05, 0) is 16.7 Å². The number of hydrogen-bond acceptors (Lipinski definition) is 15. The van der Waals surface area contributed by atoms with Gasteiger partial charge in [-0.1, -0.05) is 91.0 Å². The first kappa shape index (κ1) is 42.4. The predicted octanol–water partition coefficient (Wildman–Crippen LogP) is 3.56. The third-order valence-corrected chi connectivity index (χ3v) is 8.82. The number of carbonyl (C=O) groups is 4. The highest BCUT2D eigenvalue weighted by atomic mass is 16.8. The second kappa shape index (κ2) is 21.0. The number of hydrogen-bond donors (Lipinski definition) is 1. The number of rotatable bonds is 17. The van der Waals surface area contributed by atoms with Gasteiger partial charge in [0.15, 0.2) is 30.9 Å². The molecular weight excluding hydrogens is 732 g/mol. The molecule has 2 aliphatic rings. The highest BCUT2D eigenvalue weighted by molar-refractivity contribution is 5.68. The Kier molecular flexibility index (Phi) is 15.9. The molecule has 2 fully saturated rings. The molecule has 15 nitrogen and oxygen atoms in total. The molecule has 0 aromatic heterocycles. The molecule has 2 saturated heterocycles. The van der Waals surface area contributed by atoms with Gasteiger partial charge >= 0.3 is 23.9 Å². The summed E-state index contributed by atoms with van der Waals surface area (Å²) in [6.45, 7) is 4.10. The van der Waals surface area contributed by atoms with Crippen LogP contribution in [0.5, 0.6) is 0 Å². The standard InChI is InChI=1S/C41H48O15/c1-25(42)47-23-33-36(52-26(2)43)38(53-27(3)44)39(54-28(4)45)41(56-33)51-24-32-35(48-20-29-14-8-5-9-15-29)34(46)37(49-21-30-16-10-6-11-17-30)40(55-32)50-22-31-18-12-7-13-19-31/h5-19,32-41,46H,20-24H2,1-4H3/t32-,33-,34+,35-,36-,37-,38+,39-,40-,41-/m1/s1. The number of ether oxygens (including phenoxy) is 10. The van der Waals surface area contributed by atoms with E-state index in [1.807, 2.05) is 91.0 Å². The Balaban J connectivity index is 1.45. The molecule has 0 unspecified atom stereocenters. The molecule has 5 rings (SSSR count). The van der Waals surface area contributed by atoms with Crippen molar-refractivity contribution in [3.8, 4) is 0 Å². The zero-order valence-electron chi connectivity index (χ0n) is 31.6. The van der Waals surface area contributed by atoms with Gasteiger partial charge in [-0.25, -0.2) is 0 Å². The van der Waals surface area contributed by atoms with E-state index in [1.165, 1.54) is 6.92 Å². The first-order valence-electron chi connectivity index (χ1n) is 18.2. The molecule has 0 radical (unpaired) electrons. The first-order chi connectivity index (χ1) is 27.0. The smallest absolute Gasteiger partial charge is 0.303 e. The molecule has 3 aromatic carbocycles. The lowest BCUT2D eigenvalue weighted by atomic mass is 9.97. The van der Waals surface area contributed by atoms with Crippen LogP contribution in [0.15, 0.2) is 91.0 Å². The summed E-state index contributed by atoms with van der Waals surface area (Å²) in [7, 11) is 0. The van der Waals surface area contributed by atoms with Crippen LogP contribution in [0.3, 0.4) is 0 Å². The molecule has 56 heavy (non-hydrogen) atoms. The zero-order valence-corrected chi connectivity index (χ0v) is 31.6. The summed E-state index contributed by atoms with van der Waals surface area (Å²) >= 11 is 0. The van der Waals surface area contributed by atoms with E-state index in [9.17, 15) is 24.3 Å². The maximum absolute atomic E-state index is 12.4. The maximum Gasteiger partial charge on any atom is 0.303 e. The van der Waals surface area contributed by atoms with Crippen molar-refractivity contribution in [3.63, 3.8) is 0 Å². The van der Waals surface area contributed by atoms with Crippen molar-refractivity contribution in [2.45, 2.75) is 109 Å². The van der Waals surface area contributed by atoms with Crippen LogP contribution in [-0.4, -0.2) is 104 Å². The number of benzene rings is 3. The second-order valence-electron chi connectivity index (χ2n) is 13.3. The molecular formula is C41H48O15. The molecule has 15 heteroatoms. The van der Waals surface area contributed by atoms with Crippen molar-refractivity contribution in [1.29, 1.82) is 0 Å². The predicted molar refractivity (Wildman–Crippen MR) is 194 cm³/mol. The van der Waals surface area contributed by atoms with Gasteiger partial charge in [0, 0.05) is 27.7 Å². The minimum Gasteiger partial charge on any atom is -0.463 e. The Morgan fingerprint density at radius 2 is 0.893 bits per heavy atom. The molecule has 0 saturated carbocycles. The van der Waals surface area contributed by atoms with Crippen LogP contribution >= 0.6 is 0 Å². The van der Waals surface area contributed by atoms with Gasteiger partial charge in [0.05, 0.1) is 26.4 Å². The lowest BCUT2D eigenvalue weighted by Gasteiger charge is -2.46. The summed E-state index contributed by atoms with van der Waals surface area (Å²) in [5.74, 6) is -3.00. The lowest BCUT2D eigenvalue weighted by Crippen LogP contribution is -2.64. The van der Waals surface area contributed by atoms with Gasteiger partial charge in [0.1, 0.15) is 37.1 Å². The van der Waals surface area contributed by atoms with Crippen molar-refractivity contribution in [1.82, 2.24) is 0 Å². The van der Waals surface area contributed by atoms with E-state index in [0.29, 0.717) is 0 Å². The molecule has 10 atom stereocenters. The molecule has 0 bridgehead atoms. The first-order valence-corrected chi connectivity index (χ1v) is 18.2. The summed E-state index contributed by atoms with van der Waals surface area (Å²) in [5, 5.41) is 12.0. The lowest BCUT2D eigenvalue weighted by molar-refractivity contribution is -0.342. The minimum absolute atomic E-state index is 0.0857. The van der Waals surface area contributed by atoms with Crippen LogP contribution in [-0.2, 0) is 86.4 Å². The Morgan fingerprint density at radius 3 is 1.38 bits per heavy atom. The number of carbonyl (C=O) groups excluding carboxylic acids is 4. The average Bonchev–Trinajstić information content (AvgIpc) is 3.17. The summed E-state index contributed by atoms with van der Waals surface area (Å²) in [4.78, 5) is 48.7. The molecule has 0 spiro atoms. The quantitative estimate of drug-likeness (QED) is 0.155. The summed E-state index contributed by atoms with van der Waals surface area (Å²) in [5.41, 5.74) is 2.53. The van der Waals surface area contributed by atoms with Crippen LogP contribution in [0, 0.1) is 0 Å². The second-order valence-corrected chi connectivity index (χ2v) is 13.3. The van der Waals surface area contributed by atoms with Crippen molar-refractivity contribution in [3.05, 3.63) is 108 Å². The van der Waals surface area contributed by atoms with Crippen LogP contribution in [0.4, 0.5) is 0 Å². The van der Waals surface area contributed by atoms with E-state index in [1.54, 1.807) is 0 Å². The Morgan fingerprint density at radius 1 is 0.482 bits per heavy atom. The van der Waals surface area contributed by atoms with Crippen molar-refractivity contribution in [2.75, 3.05) is 13.2 Å². The molecule has 302 valence electrons. The topological polar surface area (TPSA) is 181 Å². The minimum atomic E-state index is -1.50. The number of aliphatic hydroxyl groups is 1. The van der Waals surface area contributed by atoms with E-state index < -0.39 is 91.9 Å². The number of aliphatic hydroxyl groups excluding tert-OH is 1. The zero-order chi connectivity index (χ0) is 40.0. The van der Waals surface area contributed by atoms with Gasteiger partial charge < -0.3 is 52.5 Å². The van der Waals surface area contributed by atoms with Crippen molar-refractivity contribution >= 4 is 23.9 Å². The van der Waals surface area contributed by atoms with E-state index in [0.717, 1.165) is 37.5 Å². The fourth-order valence-electron chi connectivity index (χ4n) is 6.34. The van der Waals surface area contributed by atoms with Gasteiger partial charge in [-0.3, -0.25) is 19.2 Å². The maximum atomic E-state index is 12.4. The molecule has 1 N–H and O–H groups in total. The van der Waals surface area contributed by atoms with Gasteiger partial charge in [-0.2, -0.15) is 0 Å². The van der Waals surface area contributed by atoms with Crippen LogP contribution in [0.1, 0.15) is 44.4 Å². The molecule has 0 amide bonds. The Labute approximate surface area is 325 Å². The van der Waals surface area contributed by atoms with E-state index in [4.69, 9.17) is 47.4 Å². The summed E-state index contributed by atoms with van der Waals surface area (Å²) < 4.78 is 59.6. The molecule has 2 aliphatic heterocycles. The van der Waals surface area contributed by atoms with E-state index in [2.05, 4.69) is 0 Å². The van der Waals surface area contributed by atoms with Crippen molar-refractivity contribution in [2.24, 2.45) is 0 Å². The van der Waals surface area contributed by atoms with Gasteiger partial charge in [-0.15, -0.1) is 0 Å². The SMILES string of the molecule is CC(=O)OC[C@H]1O[C@@H](OC[C@H]2O[C@@H](OCc3ccccc3)[C@H](OCc3ccccc3)[C@@H](O)[C@@H]2OCc2ccccc2)[C@H](OC(C)=O)[C@@H](OC(C)=O)[C@@H]1OC(C)=O. The average molecular weight is 781 g/mol. The van der Waals surface area contributed by atoms with Gasteiger partial charge in [0.2, 0.25) is 0 Å². The summed E-state index contributed by atoms with van der Waals surface area (Å²) in [6.07, 6.45) is -12.6. The molecule has 3 aromatic rings. The molecule has 0 aliphatic carbocycles. The third kappa shape index (κ3) is 12.4. The van der Waals surface area contributed by atoms with Crippen LogP contribution in [0.2, 0.25) is 0 Å². The fourth-order valence-corrected chi connectivity index (χ4v) is 6.34. The fraction of sp³-hybridized carbons (Fsp3) is 0.463. The third-order valence-electron chi connectivity index (χ3n) is 8.82.